The van der Waals surface area contributed by atoms with Crippen LogP contribution in [0.25, 0.3) is 0 Å². The molecule has 0 bridgehead atoms. The van der Waals surface area contributed by atoms with E-state index in [1.54, 1.807) is 7.11 Å². The molecule has 1 aliphatic rings. The summed E-state index contributed by atoms with van der Waals surface area (Å²) in [6.07, 6.45) is 2.88. The average molecular weight is 486 g/mol. The van der Waals surface area contributed by atoms with E-state index < -0.39 is 15.6 Å². The molecule has 1 heterocycles. The van der Waals surface area contributed by atoms with Gasteiger partial charge in [0.25, 0.3) is 5.91 Å². The maximum Gasteiger partial charge on any atom is 0.251 e. The molecule has 0 unspecified atom stereocenters. The molecule has 3 rings (SSSR count). The van der Waals surface area contributed by atoms with Gasteiger partial charge in [-0.2, -0.15) is 4.31 Å². The molecule has 2 amide bonds. The SMILES string of the molecule is C=CC(=O)NC1(C)CCN(S(=O)(=O)c2ccc(C(=O)NCCc3ccc(OC)cc3)cc2)CC1. The van der Waals surface area contributed by atoms with Crippen LogP contribution in [-0.2, 0) is 21.2 Å². The Bertz CT molecular complexity index is 1120. The molecule has 34 heavy (non-hydrogen) atoms. The van der Waals surface area contributed by atoms with Crippen LogP contribution in [0.2, 0.25) is 0 Å². The standard InChI is InChI=1S/C25H31N3O5S/c1-4-23(29)27-25(2)14-17-28(18-15-25)34(31,32)22-11-7-20(8-12-22)24(30)26-16-13-19-5-9-21(33-3)10-6-19/h4-12H,1,13-18H2,2-3H3,(H,26,30)(H,27,29). The Morgan fingerprint density at radius 1 is 1.09 bits per heavy atom. The van der Waals surface area contributed by atoms with Gasteiger partial charge in [0.15, 0.2) is 0 Å². The van der Waals surface area contributed by atoms with Crippen LogP contribution >= 0.6 is 0 Å². The van der Waals surface area contributed by atoms with Crippen molar-refractivity contribution in [1.82, 2.24) is 14.9 Å². The molecule has 0 aromatic heterocycles. The number of piperidine rings is 1. The Morgan fingerprint density at radius 2 is 1.71 bits per heavy atom. The number of hydrogen-bond acceptors (Lipinski definition) is 5. The number of nitrogens with one attached hydrogen (secondary N) is 2. The number of ether oxygens (including phenoxy) is 1. The summed E-state index contributed by atoms with van der Waals surface area (Å²) >= 11 is 0. The minimum Gasteiger partial charge on any atom is -0.497 e. The fourth-order valence-electron chi connectivity index (χ4n) is 3.84. The van der Waals surface area contributed by atoms with Crippen molar-refractivity contribution in [2.75, 3.05) is 26.7 Å². The molecule has 182 valence electrons. The van der Waals surface area contributed by atoms with E-state index in [0.29, 0.717) is 44.5 Å². The number of rotatable bonds is 9. The lowest BCUT2D eigenvalue weighted by molar-refractivity contribution is -0.118. The quantitative estimate of drug-likeness (QED) is 0.531. The first kappa shape index (κ1) is 25.5. The maximum absolute atomic E-state index is 13.0. The molecule has 9 heteroatoms. The minimum atomic E-state index is -3.69. The first-order valence-corrected chi connectivity index (χ1v) is 12.6. The molecule has 0 radical (unpaired) electrons. The molecule has 0 spiro atoms. The molecule has 1 fully saturated rings. The summed E-state index contributed by atoms with van der Waals surface area (Å²) in [5.74, 6) is 0.252. The van der Waals surface area contributed by atoms with Crippen LogP contribution in [-0.4, -0.2) is 56.8 Å². The molecule has 8 nitrogen and oxygen atoms in total. The van der Waals surface area contributed by atoms with Gasteiger partial charge < -0.3 is 15.4 Å². The summed E-state index contributed by atoms with van der Waals surface area (Å²) < 4.78 is 32.6. The summed E-state index contributed by atoms with van der Waals surface area (Å²) in [4.78, 5) is 24.2. The topological polar surface area (TPSA) is 105 Å². The summed E-state index contributed by atoms with van der Waals surface area (Å²) in [6, 6.07) is 13.6. The van der Waals surface area contributed by atoms with Gasteiger partial charge in [0.05, 0.1) is 12.0 Å². The Morgan fingerprint density at radius 3 is 2.26 bits per heavy atom. The molecule has 1 aliphatic heterocycles. The van der Waals surface area contributed by atoms with Crippen molar-refractivity contribution in [3.63, 3.8) is 0 Å². The number of carbonyl (C=O) groups excluding carboxylic acids is 2. The zero-order chi connectivity index (χ0) is 24.8. The molecular formula is C25H31N3O5S. The number of hydrogen-bond donors (Lipinski definition) is 2. The van der Waals surface area contributed by atoms with Crippen LogP contribution in [0, 0.1) is 0 Å². The summed E-state index contributed by atoms with van der Waals surface area (Å²) in [5.41, 5.74) is 1.00. The number of methoxy groups -OCH3 is 1. The first-order chi connectivity index (χ1) is 16.2. The highest BCUT2D eigenvalue weighted by atomic mass is 32.2. The second-order valence-corrected chi connectivity index (χ2v) is 10.5. The number of carbonyl (C=O) groups is 2. The van der Waals surface area contributed by atoms with Crippen molar-refractivity contribution in [2.24, 2.45) is 0 Å². The summed E-state index contributed by atoms with van der Waals surface area (Å²) in [7, 11) is -2.08. The summed E-state index contributed by atoms with van der Waals surface area (Å²) in [6.45, 7) is 6.41. The van der Waals surface area contributed by atoms with Gasteiger partial charge in [0.1, 0.15) is 5.75 Å². The van der Waals surface area contributed by atoms with Crippen molar-refractivity contribution in [1.29, 1.82) is 0 Å². The van der Waals surface area contributed by atoms with E-state index in [4.69, 9.17) is 4.74 Å². The number of benzene rings is 2. The average Bonchev–Trinajstić information content (AvgIpc) is 2.84. The van der Waals surface area contributed by atoms with Crippen LogP contribution in [0.3, 0.4) is 0 Å². The van der Waals surface area contributed by atoms with Crippen molar-refractivity contribution in [3.8, 4) is 5.75 Å². The van der Waals surface area contributed by atoms with Gasteiger partial charge in [-0.25, -0.2) is 8.42 Å². The molecule has 0 saturated carbocycles. The Hall–Kier alpha value is -3.17. The van der Waals surface area contributed by atoms with Crippen molar-refractivity contribution in [2.45, 2.75) is 36.6 Å². The normalized spacial score (nSPS) is 15.8. The second-order valence-electron chi connectivity index (χ2n) is 8.54. The highest BCUT2D eigenvalue weighted by Gasteiger charge is 2.36. The van der Waals surface area contributed by atoms with Crippen LogP contribution in [0.5, 0.6) is 5.75 Å². The molecular weight excluding hydrogens is 454 g/mol. The van der Waals surface area contributed by atoms with Crippen molar-refractivity contribution < 1.29 is 22.7 Å². The zero-order valence-corrected chi connectivity index (χ0v) is 20.4. The van der Waals surface area contributed by atoms with Gasteiger partial charge in [0.2, 0.25) is 15.9 Å². The highest BCUT2D eigenvalue weighted by Crippen LogP contribution is 2.26. The van der Waals surface area contributed by atoms with Crippen LogP contribution in [0.15, 0.2) is 66.1 Å². The monoisotopic (exact) mass is 485 g/mol. The fourth-order valence-corrected chi connectivity index (χ4v) is 5.28. The lowest BCUT2D eigenvalue weighted by Crippen LogP contribution is -2.53. The second kappa shape index (κ2) is 10.8. The van der Waals surface area contributed by atoms with E-state index in [1.165, 1.54) is 34.6 Å². The number of sulfonamides is 1. The third-order valence-electron chi connectivity index (χ3n) is 6.05. The third kappa shape index (κ3) is 6.24. The lowest BCUT2D eigenvalue weighted by Gasteiger charge is -2.39. The largest absolute Gasteiger partial charge is 0.497 e. The third-order valence-corrected chi connectivity index (χ3v) is 7.96. The van der Waals surface area contributed by atoms with Crippen LogP contribution < -0.4 is 15.4 Å². The van der Waals surface area contributed by atoms with E-state index in [9.17, 15) is 18.0 Å². The van der Waals surface area contributed by atoms with Crippen molar-refractivity contribution >= 4 is 21.8 Å². The summed E-state index contributed by atoms with van der Waals surface area (Å²) in [5, 5.41) is 5.74. The molecule has 1 saturated heterocycles. The molecule has 2 aromatic rings. The Balaban J connectivity index is 1.54. The van der Waals surface area contributed by atoms with Crippen molar-refractivity contribution in [3.05, 3.63) is 72.3 Å². The molecule has 2 N–H and O–H groups in total. The van der Waals surface area contributed by atoms with Gasteiger partial charge in [-0.15, -0.1) is 0 Å². The molecule has 0 aliphatic carbocycles. The van der Waals surface area contributed by atoms with Gasteiger partial charge in [-0.1, -0.05) is 18.7 Å². The first-order valence-electron chi connectivity index (χ1n) is 11.1. The predicted octanol–water partition coefficient (Wildman–Crippen LogP) is 2.51. The highest BCUT2D eigenvalue weighted by molar-refractivity contribution is 7.89. The fraction of sp³-hybridized carbons (Fsp3) is 0.360. The predicted molar refractivity (Wildman–Crippen MR) is 130 cm³/mol. The smallest absolute Gasteiger partial charge is 0.251 e. The van der Waals surface area contributed by atoms with Gasteiger partial charge in [-0.3, -0.25) is 9.59 Å². The zero-order valence-electron chi connectivity index (χ0n) is 19.5. The number of amides is 2. The lowest BCUT2D eigenvalue weighted by atomic mass is 9.90. The van der Waals surface area contributed by atoms with Gasteiger partial charge in [0, 0.05) is 30.7 Å². The minimum absolute atomic E-state index is 0.140. The van der Waals surface area contributed by atoms with Crippen LogP contribution in [0.1, 0.15) is 35.7 Å². The van der Waals surface area contributed by atoms with E-state index in [1.807, 2.05) is 31.2 Å². The Kier molecular flexibility index (Phi) is 8.11. The maximum atomic E-state index is 13.0. The number of nitrogens with zero attached hydrogens (tertiary/aromatic N) is 1. The van der Waals surface area contributed by atoms with E-state index >= 15 is 0 Å². The Labute approximate surface area is 201 Å². The van der Waals surface area contributed by atoms with E-state index in [-0.39, 0.29) is 16.7 Å². The van der Waals surface area contributed by atoms with Crippen LogP contribution in [0.4, 0.5) is 0 Å². The van der Waals surface area contributed by atoms with E-state index in [2.05, 4.69) is 17.2 Å². The van der Waals surface area contributed by atoms with E-state index in [0.717, 1.165) is 11.3 Å². The van der Waals surface area contributed by atoms with Gasteiger partial charge >= 0.3 is 0 Å². The molecule has 2 aromatic carbocycles. The van der Waals surface area contributed by atoms with Gasteiger partial charge in [-0.05, 0) is 74.2 Å². The molecule has 0 atom stereocenters.